The molecular formula is C22H31N7S. The van der Waals surface area contributed by atoms with Crippen molar-refractivity contribution in [3.8, 4) is 0 Å². The highest BCUT2D eigenvalue weighted by atomic mass is 32.2. The second-order valence-corrected chi connectivity index (χ2v) is 8.03. The zero-order valence-corrected chi connectivity index (χ0v) is 18.6. The van der Waals surface area contributed by atoms with Gasteiger partial charge >= 0.3 is 0 Å². The number of thioether (sulfide) groups is 1. The molecule has 2 heterocycles. The van der Waals surface area contributed by atoms with Gasteiger partial charge in [-0.25, -0.2) is 4.98 Å². The molecule has 0 aliphatic carbocycles. The van der Waals surface area contributed by atoms with E-state index in [0.29, 0.717) is 11.6 Å². The molecule has 0 spiro atoms. The minimum absolute atomic E-state index is 0.271. The highest BCUT2D eigenvalue weighted by Crippen LogP contribution is 2.19. The lowest BCUT2D eigenvalue weighted by molar-refractivity contribution is 0.786. The van der Waals surface area contributed by atoms with Crippen molar-refractivity contribution in [3.63, 3.8) is 0 Å². The van der Waals surface area contributed by atoms with Crippen LogP contribution in [0.4, 0.5) is 5.82 Å². The molecule has 0 unspecified atom stereocenters. The maximum absolute atomic E-state index is 7.74. The van der Waals surface area contributed by atoms with E-state index in [0.717, 1.165) is 46.5 Å². The Hall–Kier alpha value is -3.00. The molecule has 0 fully saturated rings. The van der Waals surface area contributed by atoms with Gasteiger partial charge in [0.25, 0.3) is 0 Å². The van der Waals surface area contributed by atoms with Crippen molar-refractivity contribution in [3.05, 3.63) is 59.8 Å². The number of anilines is 1. The quantitative estimate of drug-likeness (QED) is 0.211. The standard InChI is InChI=1S/C22H31N7S/c1-15(2)16(11-23)10-21(25)29-22-6-5-19-20(28-22)9-17(14-27-19)18(12-24)13-26-7-4-8-30-3/h5-6,9-15,24,26H,4,7-8,23,25H2,1-3H3,(H,28,29)/b16-11+,18-13+,21-10+,24-12?. The lowest BCUT2D eigenvalue weighted by Crippen LogP contribution is -2.12. The summed E-state index contributed by atoms with van der Waals surface area (Å²) < 4.78 is 0. The Bertz CT molecular complexity index is 948. The molecule has 0 saturated heterocycles. The number of nitrogens with two attached hydrogens (primary N) is 2. The average molecular weight is 426 g/mol. The Kier molecular flexibility index (Phi) is 9.21. The topological polar surface area (TPSA) is 126 Å². The van der Waals surface area contributed by atoms with Gasteiger partial charge in [0.2, 0.25) is 0 Å². The Morgan fingerprint density at radius 2 is 2.10 bits per heavy atom. The van der Waals surface area contributed by atoms with E-state index in [1.165, 1.54) is 6.21 Å². The smallest absolute Gasteiger partial charge is 0.132 e. The SMILES string of the molecule is CSCCCN/C=C(\C=N)c1cnc2ccc(N/C(N)=C/C(=C\N)C(C)C)nc2c1. The van der Waals surface area contributed by atoms with Gasteiger partial charge in [0.05, 0.1) is 11.0 Å². The van der Waals surface area contributed by atoms with Crippen molar-refractivity contribution >= 4 is 40.4 Å². The van der Waals surface area contributed by atoms with Gasteiger partial charge in [-0.3, -0.25) is 4.98 Å². The molecule has 0 amide bonds. The van der Waals surface area contributed by atoms with Crippen LogP contribution in [0, 0.1) is 11.3 Å². The van der Waals surface area contributed by atoms with Gasteiger partial charge in [-0.2, -0.15) is 11.8 Å². The van der Waals surface area contributed by atoms with E-state index in [2.05, 4.69) is 40.7 Å². The summed E-state index contributed by atoms with van der Waals surface area (Å²) in [7, 11) is 0. The monoisotopic (exact) mass is 425 g/mol. The Morgan fingerprint density at radius 3 is 2.77 bits per heavy atom. The number of nitrogens with one attached hydrogen (secondary N) is 3. The molecular weight excluding hydrogens is 394 g/mol. The van der Waals surface area contributed by atoms with E-state index in [9.17, 15) is 0 Å². The fourth-order valence-corrected chi connectivity index (χ4v) is 3.15. The summed E-state index contributed by atoms with van der Waals surface area (Å²) >= 11 is 1.82. The normalized spacial score (nSPS) is 13.0. The van der Waals surface area contributed by atoms with Crippen LogP contribution in [0.2, 0.25) is 0 Å². The van der Waals surface area contributed by atoms with Crippen LogP contribution >= 0.6 is 11.8 Å². The van der Waals surface area contributed by atoms with Crippen LogP contribution in [0.5, 0.6) is 0 Å². The number of hydrogen-bond acceptors (Lipinski definition) is 8. The van der Waals surface area contributed by atoms with E-state index < -0.39 is 0 Å². The molecule has 2 aromatic rings. The van der Waals surface area contributed by atoms with Gasteiger partial charge in [0.1, 0.15) is 11.6 Å². The highest BCUT2D eigenvalue weighted by Gasteiger charge is 2.06. The van der Waals surface area contributed by atoms with Crippen LogP contribution in [-0.2, 0) is 0 Å². The molecule has 160 valence electrons. The number of fused-ring (bicyclic) bond motifs is 1. The zero-order chi connectivity index (χ0) is 21.9. The van der Waals surface area contributed by atoms with E-state index in [-0.39, 0.29) is 5.92 Å². The van der Waals surface area contributed by atoms with Crippen molar-refractivity contribution in [1.29, 1.82) is 5.41 Å². The highest BCUT2D eigenvalue weighted by molar-refractivity contribution is 7.98. The third-order valence-corrected chi connectivity index (χ3v) is 5.10. The summed E-state index contributed by atoms with van der Waals surface area (Å²) in [4.78, 5) is 9.10. The van der Waals surface area contributed by atoms with Crippen molar-refractivity contribution < 1.29 is 0 Å². The number of nitrogens with zero attached hydrogens (tertiary/aromatic N) is 2. The first-order chi connectivity index (χ1) is 14.5. The molecule has 7 N–H and O–H groups in total. The Balaban J connectivity index is 2.22. The van der Waals surface area contributed by atoms with Crippen LogP contribution in [0.3, 0.4) is 0 Å². The average Bonchev–Trinajstić information content (AvgIpc) is 2.74. The van der Waals surface area contributed by atoms with E-state index >= 15 is 0 Å². The Morgan fingerprint density at radius 1 is 1.30 bits per heavy atom. The lowest BCUT2D eigenvalue weighted by atomic mass is 10.0. The summed E-state index contributed by atoms with van der Waals surface area (Å²) in [6.07, 6.45) is 11.5. The van der Waals surface area contributed by atoms with Gasteiger partial charge in [-0.05, 0) is 60.4 Å². The molecule has 2 rings (SSSR count). The van der Waals surface area contributed by atoms with Crippen LogP contribution in [0.15, 0.2) is 54.3 Å². The number of hydrogen-bond donors (Lipinski definition) is 5. The molecule has 0 aliphatic heterocycles. The van der Waals surface area contributed by atoms with Gasteiger partial charge in [0.15, 0.2) is 0 Å². The predicted molar refractivity (Wildman–Crippen MR) is 130 cm³/mol. The first kappa shape index (κ1) is 23.3. The maximum atomic E-state index is 7.74. The minimum atomic E-state index is 0.271. The first-order valence-electron chi connectivity index (χ1n) is 9.84. The molecule has 30 heavy (non-hydrogen) atoms. The number of aromatic nitrogens is 2. The molecule has 0 aliphatic rings. The predicted octanol–water partition coefficient (Wildman–Crippen LogP) is 3.67. The third kappa shape index (κ3) is 6.81. The molecule has 8 heteroatoms. The first-order valence-corrected chi connectivity index (χ1v) is 11.2. The van der Waals surface area contributed by atoms with Crippen LogP contribution < -0.4 is 22.1 Å². The second kappa shape index (κ2) is 11.9. The minimum Gasteiger partial charge on any atom is -0.404 e. The third-order valence-electron chi connectivity index (χ3n) is 4.41. The summed E-state index contributed by atoms with van der Waals surface area (Å²) in [5.74, 6) is 2.46. The summed E-state index contributed by atoms with van der Waals surface area (Å²) in [5, 5.41) is 14.1. The van der Waals surface area contributed by atoms with Crippen molar-refractivity contribution in [1.82, 2.24) is 15.3 Å². The van der Waals surface area contributed by atoms with Gasteiger partial charge in [0, 0.05) is 36.3 Å². The fraction of sp³-hybridized carbons (Fsp3) is 0.318. The van der Waals surface area contributed by atoms with Crippen LogP contribution in [-0.4, -0.2) is 34.7 Å². The zero-order valence-electron chi connectivity index (χ0n) is 17.8. The molecule has 0 aromatic carbocycles. The number of allylic oxidation sites excluding steroid dienone is 3. The number of rotatable bonds is 11. The molecule has 0 radical (unpaired) electrons. The van der Waals surface area contributed by atoms with Gasteiger partial charge < -0.3 is 27.5 Å². The van der Waals surface area contributed by atoms with Gasteiger partial charge in [-0.1, -0.05) is 13.8 Å². The lowest BCUT2D eigenvalue weighted by Gasteiger charge is -2.10. The molecule has 0 bridgehead atoms. The maximum Gasteiger partial charge on any atom is 0.132 e. The fourth-order valence-electron chi connectivity index (χ4n) is 2.71. The molecule has 2 aromatic heterocycles. The largest absolute Gasteiger partial charge is 0.404 e. The van der Waals surface area contributed by atoms with E-state index in [4.69, 9.17) is 16.9 Å². The van der Waals surface area contributed by atoms with Crippen molar-refractivity contribution in [2.75, 3.05) is 23.9 Å². The van der Waals surface area contributed by atoms with Crippen LogP contribution in [0.25, 0.3) is 16.6 Å². The van der Waals surface area contributed by atoms with E-state index in [1.807, 2.05) is 42.2 Å². The summed E-state index contributed by atoms with van der Waals surface area (Å²) in [6, 6.07) is 5.64. The summed E-state index contributed by atoms with van der Waals surface area (Å²) in [5.41, 5.74) is 15.8. The number of pyridine rings is 2. The Labute approximate surface area is 182 Å². The second-order valence-electron chi connectivity index (χ2n) is 7.05. The molecule has 7 nitrogen and oxygen atoms in total. The van der Waals surface area contributed by atoms with Crippen LogP contribution in [0.1, 0.15) is 25.8 Å². The van der Waals surface area contributed by atoms with Crippen molar-refractivity contribution in [2.24, 2.45) is 17.4 Å². The molecule has 0 saturated carbocycles. The van der Waals surface area contributed by atoms with Gasteiger partial charge in [-0.15, -0.1) is 0 Å². The van der Waals surface area contributed by atoms with E-state index in [1.54, 1.807) is 12.4 Å². The summed E-state index contributed by atoms with van der Waals surface area (Å²) in [6.45, 7) is 4.97. The van der Waals surface area contributed by atoms with Crippen molar-refractivity contribution in [2.45, 2.75) is 20.3 Å². The molecule has 0 atom stereocenters.